The second-order valence-electron chi connectivity index (χ2n) is 5.05. The molecule has 1 aliphatic heterocycles. The number of nitro groups is 1. The van der Waals surface area contributed by atoms with Gasteiger partial charge in [0.1, 0.15) is 0 Å². The highest BCUT2D eigenvalue weighted by atomic mass is 32.2. The summed E-state index contributed by atoms with van der Waals surface area (Å²) in [6, 6.07) is 5.64. The first-order chi connectivity index (χ1) is 9.28. The quantitative estimate of drug-likeness (QED) is 0.629. The van der Waals surface area contributed by atoms with Gasteiger partial charge in [-0.15, -0.1) is 0 Å². The summed E-state index contributed by atoms with van der Waals surface area (Å²) in [5.74, 6) is -0.264. The predicted octanol–water partition coefficient (Wildman–Crippen LogP) is 0.185. The summed E-state index contributed by atoms with van der Waals surface area (Å²) in [6.07, 6.45) is -0.886. The van der Waals surface area contributed by atoms with Crippen molar-refractivity contribution in [1.82, 2.24) is 4.90 Å². The number of rotatable bonds is 4. The topological polar surface area (TPSA) is 101 Å². The molecule has 2 atom stereocenters. The molecular weight excluding hydrogens is 284 g/mol. The first-order valence-electron chi connectivity index (χ1n) is 6.10. The van der Waals surface area contributed by atoms with Gasteiger partial charge >= 0.3 is 0 Å². The summed E-state index contributed by atoms with van der Waals surface area (Å²) >= 11 is 0. The summed E-state index contributed by atoms with van der Waals surface area (Å²) in [7, 11) is -1.45. The van der Waals surface area contributed by atoms with E-state index >= 15 is 0 Å². The molecule has 1 saturated heterocycles. The van der Waals surface area contributed by atoms with E-state index in [9.17, 15) is 23.6 Å². The van der Waals surface area contributed by atoms with Gasteiger partial charge in [-0.1, -0.05) is 12.1 Å². The van der Waals surface area contributed by atoms with Crippen LogP contribution < -0.4 is 0 Å². The number of hydrogen-bond donors (Lipinski definition) is 1. The van der Waals surface area contributed by atoms with Gasteiger partial charge in [-0.2, -0.15) is 0 Å². The van der Waals surface area contributed by atoms with E-state index in [1.54, 1.807) is 24.1 Å². The standard InChI is InChI=1S/C12H16N2O5S/c1-13(11-7-20(18,19)8-12(11)15)6-9-2-4-10(5-3-9)14(16)17/h2-5,11-12,15H,6-8H2,1H3/t11-,12-/m0/s1. The Bertz CT molecular complexity index is 599. The van der Waals surface area contributed by atoms with Gasteiger partial charge in [0.15, 0.2) is 9.84 Å². The van der Waals surface area contributed by atoms with Gasteiger partial charge in [0.25, 0.3) is 5.69 Å². The van der Waals surface area contributed by atoms with Gasteiger partial charge in [0, 0.05) is 18.7 Å². The molecule has 0 saturated carbocycles. The van der Waals surface area contributed by atoms with Gasteiger partial charge in [0.05, 0.1) is 28.6 Å². The lowest BCUT2D eigenvalue weighted by Crippen LogP contribution is -2.40. The number of nitrogens with zero attached hydrogens (tertiary/aromatic N) is 2. The number of benzene rings is 1. The van der Waals surface area contributed by atoms with E-state index in [4.69, 9.17) is 0 Å². The zero-order chi connectivity index (χ0) is 14.9. The predicted molar refractivity (Wildman–Crippen MR) is 73.0 cm³/mol. The third-order valence-corrected chi connectivity index (χ3v) is 5.14. The SMILES string of the molecule is CN(Cc1ccc([N+](=O)[O-])cc1)[C@H]1CS(=O)(=O)C[C@@H]1O. The number of nitro benzene ring substituents is 1. The molecule has 1 aromatic carbocycles. The van der Waals surface area contributed by atoms with Crippen LogP contribution in [0.1, 0.15) is 5.56 Å². The molecule has 110 valence electrons. The number of likely N-dealkylation sites (N-methyl/N-ethyl adjacent to an activating group) is 1. The van der Waals surface area contributed by atoms with Crippen LogP contribution in [0.15, 0.2) is 24.3 Å². The largest absolute Gasteiger partial charge is 0.390 e. The fourth-order valence-corrected chi connectivity index (χ4v) is 4.24. The highest BCUT2D eigenvalue weighted by molar-refractivity contribution is 7.91. The number of aliphatic hydroxyl groups is 1. The van der Waals surface area contributed by atoms with Crippen molar-refractivity contribution in [2.75, 3.05) is 18.6 Å². The third kappa shape index (κ3) is 3.33. The Labute approximate surface area is 116 Å². The minimum Gasteiger partial charge on any atom is -0.390 e. The molecule has 0 aromatic heterocycles. The maximum atomic E-state index is 11.5. The molecule has 0 radical (unpaired) electrons. The highest BCUT2D eigenvalue weighted by Gasteiger charge is 2.38. The third-order valence-electron chi connectivity index (χ3n) is 3.44. The van der Waals surface area contributed by atoms with Crippen molar-refractivity contribution in [2.24, 2.45) is 0 Å². The van der Waals surface area contributed by atoms with Crippen LogP contribution in [0, 0.1) is 10.1 Å². The lowest BCUT2D eigenvalue weighted by atomic mass is 10.1. The lowest BCUT2D eigenvalue weighted by molar-refractivity contribution is -0.384. The van der Waals surface area contributed by atoms with Crippen molar-refractivity contribution in [3.8, 4) is 0 Å². The van der Waals surface area contributed by atoms with Crippen molar-refractivity contribution >= 4 is 15.5 Å². The summed E-state index contributed by atoms with van der Waals surface area (Å²) < 4.78 is 22.9. The summed E-state index contributed by atoms with van der Waals surface area (Å²) in [5.41, 5.74) is 0.842. The van der Waals surface area contributed by atoms with Crippen molar-refractivity contribution < 1.29 is 18.4 Å². The first-order valence-corrected chi connectivity index (χ1v) is 7.93. The smallest absolute Gasteiger partial charge is 0.269 e. The van der Waals surface area contributed by atoms with E-state index in [-0.39, 0.29) is 17.2 Å². The number of aliphatic hydroxyl groups excluding tert-OH is 1. The lowest BCUT2D eigenvalue weighted by Gasteiger charge is -2.25. The van der Waals surface area contributed by atoms with Gasteiger partial charge in [-0.05, 0) is 12.6 Å². The maximum absolute atomic E-state index is 11.5. The Kier molecular flexibility index (Phi) is 4.07. The second-order valence-corrected chi connectivity index (χ2v) is 7.20. The van der Waals surface area contributed by atoms with Crippen molar-refractivity contribution in [3.05, 3.63) is 39.9 Å². The molecular formula is C12H16N2O5S. The van der Waals surface area contributed by atoms with E-state index in [2.05, 4.69) is 0 Å². The minimum atomic E-state index is -3.18. The van der Waals surface area contributed by atoms with Crippen molar-refractivity contribution in [3.63, 3.8) is 0 Å². The molecule has 1 N–H and O–H groups in total. The molecule has 2 rings (SSSR count). The summed E-state index contributed by atoms with van der Waals surface area (Å²) in [5, 5.41) is 20.3. The van der Waals surface area contributed by atoms with Gasteiger partial charge < -0.3 is 5.11 Å². The Morgan fingerprint density at radius 2 is 1.95 bits per heavy atom. The number of sulfone groups is 1. The normalized spacial score (nSPS) is 24.9. The van der Waals surface area contributed by atoms with Gasteiger partial charge in [0.2, 0.25) is 0 Å². The fraction of sp³-hybridized carbons (Fsp3) is 0.500. The van der Waals surface area contributed by atoms with E-state index < -0.39 is 26.9 Å². The maximum Gasteiger partial charge on any atom is 0.269 e. The summed E-state index contributed by atoms with van der Waals surface area (Å²) in [4.78, 5) is 11.8. The van der Waals surface area contributed by atoms with E-state index in [1.165, 1.54) is 12.1 Å². The average Bonchev–Trinajstić information content (AvgIpc) is 2.63. The zero-order valence-electron chi connectivity index (χ0n) is 11.0. The van der Waals surface area contributed by atoms with Crippen LogP contribution in [0.3, 0.4) is 0 Å². The summed E-state index contributed by atoms with van der Waals surface area (Å²) in [6.45, 7) is 0.426. The first kappa shape index (κ1) is 14.9. The van der Waals surface area contributed by atoms with Crippen LogP contribution in [0.25, 0.3) is 0 Å². The van der Waals surface area contributed by atoms with Crippen LogP contribution in [0.2, 0.25) is 0 Å². The van der Waals surface area contributed by atoms with E-state index in [0.29, 0.717) is 6.54 Å². The molecule has 0 spiro atoms. The highest BCUT2D eigenvalue weighted by Crippen LogP contribution is 2.20. The van der Waals surface area contributed by atoms with Crippen LogP contribution in [0.4, 0.5) is 5.69 Å². The molecule has 1 aromatic rings. The van der Waals surface area contributed by atoms with Gasteiger partial charge in [-0.3, -0.25) is 15.0 Å². The Morgan fingerprint density at radius 1 is 1.35 bits per heavy atom. The monoisotopic (exact) mass is 300 g/mol. The average molecular weight is 300 g/mol. The zero-order valence-corrected chi connectivity index (χ0v) is 11.8. The van der Waals surface area contributed by atoms with Crippen LogP contribution in [0.5, 0.6) is 0 Å². The van der Waals surface area contributed by atoms with Gasteiger partial charge in [-0.25, -0.2) is 8.42 Å². The Balaban J connectivity index is 2.04. The van der Waals surface area contributed by atoms with Crippen LogP contribution in [-0.2, 0) is 16.4 Å². The molecule has 1 fully saturated rings. The van der Waals surface area contributed by atoms with E-state index in [1.807, 2.05) is 0 Å². The van der Waals surface area contributed by atoms with Crippen molar-refractivity contribution in [1.29, 1.82) is 0 Å². The molecule has 0 amide bonds. The molecule has 0 bridgehead atoms. The van der Waals surface area contributed by atoms with Crippen LogP contribution >= 0.6 is 0 Å². The fourth-order valence-electron chi connectivity index (χ4n) is 2.36. The minimum absolute atomic E-state index is 0.0138. The number of non-ortho nitro benzene ring substituents is 1. The van der Waals surface area contributed by atoms with E-state index in [0.717, 1.165) is 5.56 Å². The Hall–Kier alpha value is -1.51. The molecule has 0 aliphatic carbocycles. The molecule has 0 unspecified atom stereocenters. The molecule has 1 aliphatic rings. The Morgan fingerprint density at radius 3 is 2.40 bits per heavy atom. The van der Waals surface area contributed by atoms with Crippen LogP contribution in [-0.4, -0.2) is 54.0 Å². The second kappa shape index (κ2) is 5.47. The molecule has 20 heavy (non-hydrogen) atoms. The molecule has 7 nitrogen and oxygen atoms in total. The van der Waals surface area contributed by atoms with Crippen molar-refractivity contribution in [2.45, 2.75) is 18.7 Å². The molecule has 8 heteroatoms. The molecule has 1 heterocycles. The number of hydrogen-bond acceptors (Lipinski definition) is 6.